The maximum absolute atomic E-state index is 11.6. The largest absolute Gasteiger partial charge is 0.461 e. The molecule has 0 aliphatic rings. The number of esters is 1. The van der Waals surface area contributed by atoms with E-state index in [1.807, 2.05) is 48.5 Å². The third-order valence-electron chi connectivity index (χ3n) is 4.40. The predicted molar refractivity (Wildman–Crippen MR) is 124 cm³/mol. The Labute approximate surface area is 191 Å². The van der Waals surface area contributed by atoms with Crippen molar-refractivity contribution in [1.82, 2.24) is 5.32 Å². The van der Waals surface area contributed by atoms with Crippen molar-refractivity contribution < 1.29 is 29.2 Å². The molecular formula is C25H37NO6. The predicted octanol–water partition coefficient (Wildman–Crippen LogP) is 2.83. The first-order chi connectivity index (χ1) is 15.5. The van der Waals surface area contributed by atoms with Gasteiger partial charge in [-0.1, -0.05) is 66.2 Å². The van der Waals surface area contributed by atoms with Crippen molar-refractivity contribution >= 4 is 5.97 Å². The van der Waals surface area contributed by atoms with Crippen LogP contribution < -0.4 is 5.32 Å². The molecule has 0 radical (unpaired) electrons. The number of ether oxygens (including phenoxy) is 3. The van der Waals surface area contributed by atoms with Gasteiger partial charge in [0.05, 0.1) is 25.2 Å². The summed E-state index contributed by atoms with van der Waals surface area (Å²) in [6.45, 7) is 3.65. The lowest BCUT2D eigenvalue weighted by Gasteiger charge is -2.16. The first-order valence-electron chi connectivity index (χ1n) is 10.9. The van der Waals surface area contributed by atoms with Crippen molar-refractivity contribution in [1.29, 1.82) is 0 Å². The Balaban J connectivity index is 0.000000616. The van der Waals surface area contributed by atoms with Crippen molar-refractivity contribution in [3.05, 3.63) is 71.8 Å². The number of benzene rings is 2. The van der Waals surface area contributed by atoms with E-state index in [1.165, 1.54) is 12.7 Å². The number of aliphatic hydroxyl groups is 2. The Kier molecular flexibility index (Phi) is 15.9. The van der Waals surface area contributed by atoms with E-state index in [4.69, 9.17) is 14.2 Å². The van der Waals surface area contributed by atoms with Gasteiger partial charge in [-0.25, -0.2) is 0 Å². The molecule has 2 aromatic carbocycles. The number of aryl methyl sites for hydroxylation is 1. The molecule has 0 heterocycles. The highest BCUT2D eigenvalue weighted by atomic mass is 16.7. The van der Waals surface area contributed by atoms with Crippen LogP contribution >= 0.6 is 0 Å². The van der Waals surface area contributed by atoms with Crippen LogP contribution in [-0.4, -0.2) is 62.0 Å². The van der Waals surface area contributed by atoms with Gasteiger partial charge in [-0.05, 0) is 25.5 Å². The molecule has 2 rings (SSSR count). The Morgan fingerprint density at radius 2 is 1.62 bits per heavy atom. The van der Waals surface area contributed by atoms with Crippen molar-refractivity contribution in [3.63, 3.8) is 0 Å². The highest BCUT2D eigenvalue weighted by molar-refractivity contribution is 5.69. The topological polar surface area (TPSA) is 97.3 Å². The molecule has 0 aliphatic carbocycles. The van der Waals surface area contributed by atoms with Gasteiger partial charge in [-0.3, -0.25) is 4.79 Å². The van der Waals surface area contributed by atoms with Gasteiger partial charge < -0.3 is 29.7 Å². The summed E-state index contributed by atoms with van der Waals surface area (Å²) in [7, 11) is 1.50. The Bertz CT molecular complexity index is 698. The molecule has 0 amide bonds. The zero-order valence-electron chi connectivity index (χ0n) is 19.1. The summed E-state index contributed by atoms with van der Waals surface area (Å²) in [5, 5.41) is 22.5. The Morgan fingerprint density at radius 3 is 2.22 bits per heavy atom. The summed E-state index contributed by atoms with van der Waals surface area (Å²) in [5.74, 6) is -0.261. The molecule has 0 aromatic heterocycles. The van der Waals surface area contributed by atoms with Gasteiger partial charge in [0.25, 0.3) is 0 Å². The summed E-state index contributed by atoms with van der Waals surface area (Å²) in [6.07, 6.45) is -0.349. The van der Waals surface area contributed by atoms with Gasteiger partial charge in [-0.15, -0.1) is 0 Å². The number of methoxy groups -OCH3 is 1. The number of hydrogen-bond donors (Lipinski definition) is 3. The number of carbonyl (C=O) groups is 1. The molecule has 3 N–H and O–H groups in total. The van der Waals surface area contributed by atoms with Gasteiger partial charge in [0.1, 0.15) is 13.4 Å². The molecule has 0 spiro atoms. The summed E-state index contributed by atoms with van der Waals surface area (Å²) in [6, 6.07) is 19.8. The van der Waals surface area contributed by atoms with Crippen LogP contribution in [0.5, 0.6) is 0 Å². The van der Waals surface area contributed by atoms with Crippen LogP contribution in [0.25, 0.3) is 0 Å². The zero-order valence-corrected chi connectivity index (χ0v) is 19.1. The van der Waals surface area contributed by atoms with Gasteiger partial charge >= 0.3 is 5.97 Å². The molecule has 0 unspecified atom stereocenters. The first-order valence-corrected chi connectivity index (χ1v) is 10.9. The fourth-order valence-corrected chi connectivity index (χ4v) is 2.70. The SMILES string of the molecule is COCOC[C@@H](O)C[C@H](O)CCNCCC(=O)OCc1ccccc1.Cc1ccccc1. The fourth-order valence-electron chi connectivity index (χ4n) is 2.70. The molecule has 2 aromatic rings. The Hall–Kier alpha value is -2.29. The second-order valence-electron chi connectivity index (χ2n) is 7.41. The molecule has 7 nitrogen and oxygen atoms in total. The van der Waals surface area contributed by atoms with Crippen molar-refractivity contribution in [2.45, 2.75) is 45.0 Å². The molecule has 7 heteroatoms. The summed E-state index contributed by atoms with van der Waals surface area (Å²) in [5.41, 5.74) is 2.28. The van der Waals surface area contributed by atoms with Crippen LogP contribution in [0.2, 0.25) is 0 Å². The number of carbonyl (C=O) groups excluding carboxylic acids is 1. The lowest BCUT2D eigenvalue weighted by molar-refractivity contribution is -0.144. The third-order valence-corrected chi connectivity index (χ3v) is 4.40. The van der Waals surface area contributed by atoms with E-state index >= 15 is 0 Å². The molecule has 0 saturated carbocycles. The van der Waals surface area contributed by atoms with E-state index in [0.29, 0.717) is 19.5 Å². The van der Waals surface area contributed by atoms with E-state index in [-0.39, 0.29) is 38.8 Å². The van der Waals surface area contributed by atoms with Gasteiger partial charge in [0, 0.05) is 20.1 Å². The number of aliphatic hydroxyl groups excluding tert-OH is 2. The maximum atomic E-state index is 11.6. The smallest absolute Gasteiger partial charge is 0.307 e. The summed E-state index contributed by atoms with van der Waals surface area (Å²) >= 11 is 0. The lowest BCUT2D eigenvalue weighted by atomic mass is 10.1. The van der Waals surface area contributed by atoms with Gasteiger partial charge in [0.15, 0.2) is 0 Å². The standard InChI is InChI=1S/C18H29NO6.C7H8/c1-23-14-24-13-17(21)11-16(20)7-9-19-10-8-18(22)25-12-15-5-3-2-4-6-15;1-7-5-3-2-4-6-7/h2-6,16-17,19-21H,7-14H2,1H3;2-6H,1H3/t16-,17+;/m1./s1. The normalized spacial score (nSPS) is 12.4. The van der Waals surface area contributed by atoms with Gasteiger partial charge in [0.2, 0.25) is 0 Å². The molecule has 0 fully saturated rings. The molecule has 0 bridgehead atoms. The average molecular weight is 448 g/mol. The second kappa shape index (κ2) is 18.3. The highest BCUT2D eigenvalue weighted by Crippen LogP contribution is 2.03. The van der Waals surface area contributed by atoms with Crippen LogP contribution in [0, 0.1) is 6.92 Å². The van der Waals surface area contributed by atoms with Crippen LogP contribution in [0.1, 0.15) is 30.4 Å². The first kappa shape index (κ1) is 27.7. The minimum Gasteiger partial charge on any atom is -0.461 e. The highest BCUT2D eigenvalue weighted by Gasteiger charge is 2.12. The number of hydrogen-bond acceptors (Lipinski definition) is 7. The number of rotatable bonds is 14. The third kappa shape index (κ3) is 15.5. The molecular weight excluding hydrogens is 410 g/mol. The monoisotopic (exact) mass is 447 g/mol. The lowest BCUT2D eigenvalue weighted by Crippen LogP contribution is -2.27. The second-order valence-corrected chi connectivity index (χ2v) is 7.41. The van der Waals surface area contributed by atoms with E-state index in [0.717, 1.165) is 5.56 Å². The number of nitrogens with one attached hydrogen (secondary N) is 1. The van der Waals surface area contributed by atoms with Crippen LogP contribution in [-0.2, 0) is 25.6 Å². The van der Waals surface area contributed by atoms with E-state index in [9.17, 15) is 15.0 Å². The average Bonchev–Trinajstić information content (AvgIpc) is 2.79. The quantitative estimate of drug-likeness (QED) is 0.233. The molecule has 0 saturated heterocycles. The summed E-state index contributed by atoms with van der Waals surface area (Å²) in [4.78, 5) is 11.6. The molecule has 32 heavy (non-hydrogen) atoms. The molecule has 2 atom stereocenters. The van der Waals surface area contributed by atoms with E-state index in [1.54, 1.807) is 0 Å². The van der Waals surface area contributed by atoms with Gasteiger partial charge in [-0.2, -0.15) is 0 Å². The van der Waals surface area contributed by atoms with Crippen LogP contribution in [0.4, 0.5) is 0 Å². The molecule has 178 valence electrons. The van der Waals surface area contributed by atoms with Crippen molar-refractivity contribution in [3.8, 4) is 0 Å². The van der Waals surface area contributed by atoms with Crippen molar-refractivity contribution in [2.75, 3.05) is 33.6 Å². The Morgan fingerprint density at radius 1 is 0.969 bits per heavy atom. The zero-order chi connectivity index (χ0) is 23.4. The van der Waals surface area contributed by atoms with E-state index in [2.05, 4.69) is 24.4 Å². The molecule has 0 aliphatic heterocycles. The van der Waals surface area contributed by atoms with Crippen LogP contribution in [0.3, 0.4) is 0 Å². The maximum Gasteiger partial charge on any atom is 0.307 e. The van der Waals surface area contributed by atoms with E-state index < -0.39 is 12.2 Å². The van der Waals surface area contributed by atoms with Crippen molar-refractivity contribution in [2.24, 2.45) is 0 Å². The van der Waals surface area contributed by atoms with Crippen LogP contribution in [0.15, 0.2) is 60.7 Å². The minimum atomic E-state index is -0.724. The fraction of sp³-hybridized carbons (Fsp3) is 0.480. The summed E-state index contributed by atoms with van der Waals surface area (Å²) < 4.78 is 14.9. The minimum absolute atomic E-state index is 0.120.